The first-order chi connectivity index (χ1) is 22.5. The number of hydrogen-bond donors (Lipinski definition) is 2. The summed E-state index contributed by atoms with van der Waals surface area (Å²) in [6, 6.07) is 24.5. The smallest absolute Gasteiger partial charge is 0.246 e. The Morgan fingerprint density at radius 3 is 2.63 bits per heavy atom. The highest BCUT2D eigenvalue weighted by Crippen LogP contribution is 2.31. The van der Waals surface area contributed by atoms with E-state index in [1.807, 2.05) is 71.5 Å². The van der Waals surface area contributed by atoms with Crippen LogP contribution in [0.3, 0.4) is 0 Å². The number of rotatable bonds is 9. The molecule has 0 fully saturated rings. The van der Waals surface area contributed by atoms with Crippen LogP contribution in [0, 0.1) is 11.6 Å². The van der Waals surface area contributed by atoms with Gasteiger partial charge < -0.3 is 15.4 Å². The Morgan fingerprint density at radius 2 is 1.85 bits per heavy atom. The minimum Gasteiger partial charge on any atom is -0.362 e. The van der Waals surface area contributed by atoms with Gasteiger partial charge in [0.2, 0.25) is 5.91 Å². The van der Waals surface area contributed by atoms with Crippen LogP contribution in [-0.2, 0) is 22.7 Å². The summed E-state index contributed by atoms with van der Waals surface area (Å²) in [6.45, 7) is 0.442. The number of allylic oxidation sites excluding steroid dienone is 2. The van der Waals surface area contributed by atoms with Gasteiger partial charge in [0.1, 0.15) is 43.4 Å². The molecule has 9 nitrogen and oxygen atoms in total. The largest absolute Gasteiger partial charge is 0.362 e. The summed E-state index contributed by atoms with van der Waals surface area (Å²) < 4.78 is 37.8. The molecular formula is C35H27F2N7O2. The van der Waals surface area contributed by atoms with Crippen molar-refractivity contribution in [2.45, 2.75) is 19.4 Å². The lowest BCUT2D eigenvalue weighted by Gasteiger charge is -2.19. The molecule has 11 heteroatoms. The summed E-state index contributed by atoms with van der Waals surface area (Å²) in [7, 11) is 0. The Morgan fingerprint density at radius 1 is 0.957 bits per heavy atom. The zero-order valence-corrected chi connectivity index (χ0v) is 24.3. The molecule has 1 aliphatic heterocycles. The standard InChI is InChI=1S/C35H27F2N7O2/c36-27-8-9-30(31(37)15-27)26-12-28(42-34(45)18-43-21-38-20-41-43)16-29(13-26)44-22-40-32-14-24(6-10-33(32)44)25-7-11-35(39-17-25)46-19-23-4-2-1-3-5-23/h1-17,20-22,35,39H,18-19H2,(H,42,45). The van der Waals surface area contributed by atoms with Crippen LogP contribution >= 0.6 is 0 Å². The van der Waals surface area contributed by atoms with Gasteiger partial charge in [0, 0.05) is 29.2 Å². The third kappa shape index (κ3) is 6.30. The molecule has 4 aromatic carbocycles. The van der Waals surface area contributed by atoms with Gasteiger partial charge in [-0.25, -0.2) is 23.4 Å². The molecule has 1 amide bonds. The number of hydrogen-bond acceptors (Lipinski definition) is 6. The maximum Gasteiger partial charge on any atom is 0.246 e. The van der Waals surface area contributed by atoms with Crippen molar-refractivity contribution in [3.05, 3.63) is 145 Å². The normalized spacial score (nSPS) is 14.2. The Balaban J connectivity index is 1.15. The van der Waals surface area contributed by atoms with Crippen molar-refractivity contribution in [2.24, 2.45) is 0 Å². The lowest BCUT2D eigenvalue weighted by atomic mass is 10.0. The van der Waals surface area contributed by atoms with Gasteiger partial charge in [-0.2, -0.15) is 5.10 Å². The van der Waals surface area contributed by atoms with E-state index in [0.29, 0.717) is 23.5 Å². The minimum absolute atomic E-state index is 0.0553. The van der Waals surface area contributed by atoms with Gasteiger partial charge in [-0.05, 0) is 70.8 Å². The molecule has 0 radical (unpaired) electrons. The van der Waals surface area contributed by atoms with E-state index in [1.54, 1.807) is 24.5 Å². The zero-order valence-electron chi connectivity index (χ0n) is 24.3. The first-order valence-corrected chi connectivity index (χ1v) is 14.5. The van der Waals surface area contributed by atoms with Gasteiger partial charge in [-0.15, -0.1) is 0 Å². The van der Waals surface area contributed by atoms with Crippen molar-refractivity contribution in [2.75, 3.05) is 5.32 Å². The number of dihydropyridines is 1. The summed E-state index contributed by atoms with van der Waals surface area (Å²) in [4.78, 5) is 21.3. The molecule has 0 bridgehead atoms. The number of benzene rings is 4. The van der Waals surface area contributed by atoms with E-state index in [-0.39, 0.29) is 24.2 Å². The molecule has 6 aromatic rings. The summed E-state index contributed by atoms with van der Waals surface area (Å²) in [5, 5.41) is 10.1. The number of fused-ring (bicyclic) bond motifs is 1. The molecule has 228 valence electrons. The third-order valence-electron chi connectivity index (χ3n) is 7.50. The Hall–Kier alpha value is -5.94. The van der Waals surface area contributed by atoms with Crippen molar-refractivity contribution >= 4 is 28.2 Å². The van der Waals surface area contributed by atoms with Crippen LogP contribution in [0.5, 0.6) is 0 Å². The van der Waals surface area contributed by atoms with Crippen molar-refractivity contribution in [3.63, 3.8) is 0 Å². The third-order valence-corrected chi connectivity index (χ3v) is 7.50. The fraction of sp³-hybridized carbons (Fsp3) is 0.0857. The second kappa shape index (κ2) is 12.6. The van der Waals surface area contributed by atoms with Crippen LogP contribution in [-0.4, -0.2) is 36.5 Å². The number of ether oxygens (including phenoxy) is 1. The monoisotopic (exact) mass is 615 g/mol. The summed E-state index contributed by atoms with van der Waals surface area (Å²) in [5.74, 6) is -1.74. The molecule has 2 N–H and O–H groups in total. The Labute approximate surface area is 262 Å². The number of amides is 1. The van der Waals surface area contributed by atoms with Gasteiger partial charge >= 0.3 is 0 Å². The number of halogens is 2. The molecule has 1 aliphatic rings. The SMILES string of the molecule is O=C(Cn1cncn1)Nc1cc(-c2ccc(F)cc2F)cc(-n2cnc3cc(C4=CNC(OCc5ccccc5)C=C4)ccc32)c1. The predicted molar refractivity (Wildman–Crippen MR) is 170 cm³/mol. The molecule has 0 spiro atoms. The summed E-state index contributed by atoms with van der Waals surface area (Å²) >= 11 is 0. The maximum absolute atomic E-state index is 14.9. The van der Waals surface area contributed by atoms with E-state index in [2.05, 4.69) is 25.7 Å². The van der Waals surface area contributed by atoms with Crippen LogP contribution in [0.25, 0.3) is 33.4 Å². The molecule has 46 heavy (non-hydrogen) atoms. The Bertz CT molecular complexity index is 2090. The first kappa shape index (κ1) is 28.8. The highest BCUT2D eigenvalue weighted by Gasteiger charge is 2.15. The van der Waals surface area contributed by atoms with Crippen LogP contribution < -0.4 is 10.6 Å². The highest BCUT2D eigenvalue weighted by molar-refractivity contribution is 5.92. The van der Waals surface area contributed by atoms with E-state index in [4.69, 9.17) is 4.74 Å². The average molecular weight is 616 g/mol. The van der Waals surface area contributed by atoms with E-state index in [0.717, 1.165) is 33.8 Å². The maximum atomic E-state index is 14.9. The number of aromatic nitrogens is 5. The average Bonchev–Trinajstić information content (AvgIpc) is 3.74. The van der Waals surface area contributed by atoms with Crippen LogP contribution in [0.4, 0.5) is 14.5 Å². The molecule has 3 heterocycles. The van der Waals surface area contributed by atoms with E-state index >= 15 is 0 Å². The van der Waals surface area contributed by atoms with E-state index in [9.17, 15) is 13.6 Å². The molecule has 0 saturated carbocycles. The van der Waals surface area contributed by atoms with Gasteiger partial charge in [-0.1, -0.05) is 42.5 Å². The number of anilines is 1. The number of imidazole rings is 1. The van der Waals surface area contributed by atoms with Crippen molar-refractivity contribution in [1.29, 1.82) is 0 Å². The van der Waals surface area contributed by atoms with E-state index < -0.39 is 11.6 Å². The van der Waals surface area contributed by atoms with Crippen LogP contribution in [0.2, 0.25) is 0 Å². The second-order valence-electron chi connectivity index (χ2n) is 10.7. The predicted octanol–water partition coefficient (Wildman–Crippen LogP) is 6.24. The topological polar surface area (TPSA) is 98.9 Å². The van der Waals surface area contributed by atoms with Gasteiger partial charge in [0.05, 0.1) is 17.6 Å². The second-order valence-corrected chi connectivity index (χ2v) is 10.7. The number of carbonyl (C=O) groups is 1. The summed E-state index contributed by atoms with van der Waals surface area (Å²) in [5.41, 5.74) is 6.28. The van der Waals surface area contributed by atoms with Gasteiger partial charge in [0.15, 0.2) is 0 Å². The minimum atomic E-state index is -0.715. The number of nitrogens with one attached hydrogen (secondary N) is 2. The highest BCUT2D eigenvalue weighted by atomic mass is 19.1. The Kier molecular flexibility index (Phi) is 7.88. The number of nitrogens with zero attached hydrogens (tertiary/aromatic N) is 5. The quantitative estimate of drug-likeness (QED) is 0.200. The fourth-order valence-electron chi connectivity index (χ4n) is 5.27. The van der Waals surface area contributed by atoms with Crippen molar-refractivity contribution in [1.82, 2.24) is 29.6 Å². The van der Waals surface area contributed by atoms with Gasteiger partial charge in [-0.3, -0.25) is 9.36 Å². The molecule has 0 aliphatic carbocycles. The van der Waals surface area contributed by atoms with Crippen LogP contribution in [0.1, 0.15) is 11.1 Å². The molecule has 1 atom stereocenters. The molecule has 2 aromatic heterocycles. The molecular weight excluding hydrogens is 588 g/mol. The lowest BCUT2D eigenvalue weighted by Crippen LogP contribution is -2.27. The molecule has 7 rings (SSSR count). The van der Waals surface area contributed by atoms with E-state index in [1.165, 1.54) is 29.5 Å². The first-order valence-electron chi connectivity index (χ1n) is 14.5. The van der Waals surface area contributed by atoms with Crippen molar-refractivity contribution in [3.8, 4) is 16.8 Å². The summed E-state index contributed by atoms with van der Waals surface area (Å²) in [6.07, 6.45) is 10.1. The van der Waals surface area contributed by atoms with Gasteiger partial charge in [0.25, 0.3) is 0 Å². The van der Waals surface area contributed by atoms with Crippen LogP contribution in [0.15, 0.2) is 122 Å². The van der Waals surface area contributed by atoms with Crippen molar-refractivity contribution < 1.29 is 18.3 Å². The zero-order chi connectivity index (χ0) is 31.5. The number of carbonyl (C=O) groups excluding carboxylic acids is 1. The fourth-order valence-corrected chi connectivity index (χ4v) is 5.27. The molecule has 0 saturated heterocycles. The molecule has 1 unspecified atom stereocenters. The lowest BCUT2D eigenvalue weighted by molar-refractivity contribution is -0.116.